The van der Waals surface area contributed by atoms with Crippen molar-refractivity contribution in [2.45, 2.75) is 45.6 Å². The molecule has 2 saturated heterocycles. The van der Waals surface area contributed by atoms with Crippen molar-refractivity contribution < 1.29 is 0 Å². The molecule has 0 N–H and O–H groups in total. The minimum atomic E-state index is 0.933. The average molecular weight is 167 g/mol. The van der Waals surface area contributed by atoms with E-state index in [2.05, 4.69) is 18.7 Å². The molecule has 0 aromatic heterocycles. The highest BCUT2D eigenvalue weighted by atomic mass is 15.2. The molecule has 1 heteroatoms. The molecule has 3 atom stereocenters. The average Bonchev–Trinajstić information content (AvgIpc) is 2.31. The van der Waals surface area contributed by atoms with Crippen molar-refractivity contribution in [1.29, 1.82) is 0 Å². The van der Waals surface area contributed by atoms with Crippen molar-refractivity contribution >= 4 is 0 Å². The lowest BCUT2D eigenvalue weighted by molar-refractivity contribution is 0.235. The van der Waals surface area contributed by atoms with Gasteiger partial charge in [-0.2, -0.15) is 0 Å². The second-order valence-corrected chi connectivity index (χ2v) is 4.97. The van der Waals surface area contributed by atoms with Gasteiger partial charge in [0.1, 0.15) is 0 Å². The van der Waals surface area contributed by atoms with Gasteiger partial charge in [-0.05, 0) is 44.1 Å². The zero-order chi connectivity index (χ0) is 8.55. The Morgan fingerprint density at radius 3 is 2.75 bits per heavy atom. The lowest BCUT2D eigenvalue weighted by Gasteiger charge is -2.22. The quantitative estimate of drug-likeness (QED) is 0.536. The van der Waals surface area contributed by atoms with Crippen LogP contribution < -0.4 is 0 Å². The predicted molar refractivity (Wildman–Crippen MR) is 52.2 cm³/mol. The standard InChI is InChI=1S/C11H21N/c1-9-6-10(2)8-12-5-3-4-11(12)7-9/h9-11H,3-8H2,1-2H3/t9?,10-,11-/m1/s1. The lowest BCUT2D eigenvalue weighted by atomic mass is 9.94. The maximum absolute atomic E-state index is 2.73. The third-order valence-corrected chi connectivity index (χ3v) is 3.52. The Balaban J connectivity index is 2.02. The number of nitrogens with zero attached hydrogens (tertiary/aromatic N) is 1. The van der Waals surface area contributed by atoms with E-state index in [0.717, 1.165) is 17.9 Å². The van der Waals surface area contributed by atoms with Crippen LogP contribution in [0, 0.1) is 11.8 Å². The molecule has 2 fully saturated rings. The van der Waals surface area contributed by atoms with E-state index in [1.165, 1.54) is 38.8 Å². The van der Waals surface area contributed by atoms with Crippen LogP contribution in [-0.2, 0) is 0 Å². The highest BCUT2D eigenvalue weighted by Crippen LogP contribution is 2.31. The fourth-order valence-corrected chi connectivity index (χ4v) is 3.12. The molecule has 0 aromatic rings. The first-order chi connectivity index (χ1) is 5.75. The molecule has 2 aliphatic heterocycles. The summed E-state index contributed by atoms with van der Waals surface area (Å²) in [5, 5.41) is 0. The monoisotopic (exact) mass is 167 g/mol. The maximum atomic E-state index is 2.73. The molecule has 0 spiro atoms. The summed E-state index contributed by atoms with van der Waals surface area (Å²) in [7, 11) is 0. The first-order valence-electron chi connectivity index (χ1n) is 5.49. The van der Waals surface area contributed by atoms with E-state index >= 15 is 0 Å². The summed E-state index contributed by atoms with van der Waals surface area (Å²) in [5.41, 5.74) is 0. The minimum Gasteiger partial charge on any atom is -0.300 e. The van der Waals surface area contributed by atoms with Crippen molar-refractivity contribution in [3.05, 3.63) is 0 Å². The first kappa shape index (κ1) is 8.55. The summed E-state index contributed by atoms with van der Waals surface area (Å²) in [5.74, 6) is 1.90. The van der Waals surface area contributed by atoms with E-state index in [-0.39, 0.29) is 0 Å². The Morgan fingerprint density at radius 2 is 1.92 bits per heavy atom. The normalized spacial score (nSPS) is 44.0. The van der Waals surface area contributed by atoms with Crippen LogP contribution in [0.1, 0.15) is 39.5 Å². The van der Waals surface area contributed by atoms with Gasteiger partial charge in [0.05, 0.1) is 0 Å². The van der Waals surface area contributed by atoms with E-state index in [1.54, 1.807) is 0 Å². The molecule has 0 saturated carbocycles. The largest absolute Gasteiger partial charge is 0.300 e. The number of hydrogen-bond acceptors (Lipinski definition) is 1. The van der Waals surface area contributed by atoms with Crippen molar-refractivity contribution in [2.24, 2.45) is 11.8 Å². The number of fused-ring (bicyclic) bond motifs is 1. The van der Waals surface area contributed by atoms with Gasteiger partial charge in [0.15, 0.2) is 0 Å². The van der Waals surface area contributed by atoms with Gasteiger partial charge in [0, 0.05) is 12.6 Å². The summed E-state index contributed by atoms with van der Waals surface area (Å²) in [6, 6.07) is 0.949. The van der Waals surface area contributed by atoms with Gasteiger partial charge in [0.25, 0.3) is 0 Å². The van der Waals surface area contributed by atoms with E-state index < -0.39 is 0 Å². The first-order valence-corrected chi connectivity index (χ1v) is 5.49. The topological polar surface area (TPSA) is 3.24 Å². The maximum Gasteiger partial charge on any atom is 0.00983 e. The molecule has 0 aliphatic carbocycles. The van der Waals surface area contributed by atoms with Gasteiger partial charge < -0.3 is 4.90 Å². The van der Waals surface area contributed by atoms with Crippen LogP contribution in [0.3, 0.4) is 0 Å². The van der Waals surface area contributed by atoms with Gasteiger partial charge >= 0.3 is 0 Å². The summed E-state index contributed by atoms with van der Waals surface area (Å²) in [4.78, 5) is 2.73. The number of rotatable bonds is 0. The third kappa shape index (κ3) is 1.66. The van der Waals surface area contributed by atoms with Gasteiger partial charge in [-0.3, -0.25) is 0 Å². The van der Waals surface area contributed by atoms with Crippen molar-refractivity contribution in [3.8, 4) is 0 Å². The van der Waals surface area contributed by atoms with Crippen LogP contribution in [0.25, 0.3) is 0 Å². The third-order valence-electron chi connectivity index (χ3n) is 3.52. The Kier molecular flexibility index (Phi) is 2.40. The summed E-state index contributed by atoms with van der Waals surface area (Å²) < 4.78 is 0. The molecule has 12 heavy (non-hydrogen) atoms. The molecule has 0 radical (unpaired) electrons. The molecule has 0 aromatic carbocycles. The van der Waals surface area contributed by atoms with Crippen LogP contribution in [-0.4, -0.2) is 24.0 Å². The molecule has 1 unspecified atom stereocenters. The highest BCUT2D eigenvalue weighted by Gasteiger charge is 2.30. The predicted octanol–water partition coefficient (Wildman–Crippen LogP) is 2.52. The Hall–Kier alpha value is -0.0400. The van der Waals surface area contributed by atoms with Crippen LogP contribution in [0.4, 0.5) is 0 Å². The van der Waals surface area contributed by atoms with Gasteiger partial charge in [-0.1, -0.05) is 13.8 Å². The van der Waals surface area contributed by atoms with Crippen molar-refractivity contribution in [2.75, 3.05) is 13.1 Å². The van der Waals surface area contributed by atoms with Gasteiger partial charge in [-0.25, -0.2) is 0 Å². The second-order valence-electron chi connectivity index (χ2n) is 4.97. The summed E-state index contributed by atoms with van der Waals surface area (Å²) in [6.07, 6.45) is 5.83. The van der Waals surface area contributed by atoms with E-state index in [4.69, 9.17) is 0 Å². The Labute approximate surface area is 76.1 Å². The molecular weight excluding hydrogens is 146 g/mol. The SMILES string of the molecule is CC1C[C@@H](C)CN2CCC[C@@H]2C1. The second kappa shape index (κ2) is 3.37. The molecular formula is C11H21N. The highest BCUT2D eigenvalue weighted by molar-refractivity contribution is 4.85. The Morgan fingerprint density at radius 1 is 1.08 bits per heavy atom. The summed E-state index contributed by atoms with van der Waals surface area (Å²) >= 11 is 0. The zero-order valence-electron chi connectivity index (χ0n) is 8.42. The molecule has 0 bridgehead atoms. The molecule has 2 aliphatic rings. The summed E-state index contributed by atoms with van der Waals surface area (Å²) in [6.45, 7) is 7.59. The van der Waals surface area contributed by atoms with E-state index in [0.29, 0.717) is 0 Å². The molecule has 0 amide bonds. The smallest absolute Gasteiger partial charge is 0.00983 e. The fraction of sp³-hybridized carbons (Fsp3) is 1.00. The molecule has 70 valence electrons. The molecule has 1 nitrogen and oxygen atoms in total. The van der Waals surface area contributed by atoms with Crippen molar-refractivity contribution in [1.82, 2.24) is 4.90 Å². The lowest BCUT2D eigenvalue weighted by Crippen LogP contribution is -2.30. The Bertz CT molecular complexity index is 139. The van der Waals surface area contributed by atoms with E-state index in [9.17, 15) is 0 Å². The minimum absolute atomic E-state index is 0.933. The van der Waals surface area contributed by atoms with Crippen LogP contribution in [0.2, 0.25) is 0 Å². The van der Waals surface area contributed by atoms with Crippen LogP contribution in [0.5, 0.6) is 0 Å². The fourth-order valence-electron chi connectivity index (χ4n) is 3.12. The number of hydrogen-bond donors (Lipinski definition) is 0. The van der Waals surface area contributed by atoms with Gasteiger partial charge in [-0.15, -0.1) is 0 Å². The van der Waals surface area contributed by atoms with Crippen LogP contribution in [0.15, 0.2) is 0 Å². The van der Waals surface area contributed by atoms with E-state index in [1.807, 2.05) is 0 Å². The molecule has 2 rings (SSSR count). The van der Waals surface area contributed by atoms with Crippen LogP contribution >= 0.6 is 0 Å². The van der Waals surface area contributed by atoms with Gasteiger partial charge in [0.2, 0.25) is 0 Å². The molecule has 2 heterocycles. The zero-order valence-corrected chi connectivity index (χ0v) is 8.42. The van der Waals surface area contributed by atoms with Crippen molar-refractivity contribution in [3.63, 3.8) is 0 Å².